The van der Waals surface area contributed by atoms with Crippen LogP contribution in [0, 0.1) is 0 Å². The second-order valence-electron chi connectivity index (χ2n) is 2.56. The van der Waals surface area contributed by atoms with Gasteiger partial charge in [-0.15, -0.1) is 0 Å². The summed E-state index contributed by atoms with van der Waals surface area (Å²) in [6.45, 7) is 7.06. The third-order valence-corrected chi connectivity index (χ3v) is 10.6. The molecule has 0 bridgehead atoms. The first-order valence-electron chi connectivity index (χ1n) is 4.18. The Hall–Kier alpha value is 0.799. The fraction of sp³-hybridized carbons (Fsp3) is 1.00. The summed E-state index contributed by atoms with van der Waals surface area (Å²) in [4.78, 5) is 0. The van der Waals surface area contributed by atoms with Crippen LogP contribution in [-0.4, -0.2) is 19.8 Å². The summed E-state index contributed by atoms with van der Waals surface area (Å²) in [5.41, 5.74) is 0. The Balaban J connectivity index is 3.09. The van der Waals surface area contributed by atoms with Crippen molar-refractivity contribution in [2.45, 2.75) is 46.9 Å². The van der Waals surface area contributed by atoms with Gasteiger partial charge in [-0.05, 0) is 0 Å². The van der Waals surface area contributed by atoms with Gasteiger partial charge >= 0.3 is 66.7 Å². The van der Waals surface area contributed by atoms with Gasteiger partial charge in [0, 0.05) is 0 Å². The molecule has 1 heteroatoms. The van der Waals surface area contributed by atoms with Gasteiger partial charge in [0.05, 0.1) is 0 Å². The molecular formula is C8H19Sn. The minimum absolute atomic E-state index is 0.715. The van der Waals surface area contributed by atoms with Gasteiger partial charge in [0.2, 0.25) is 0 Å². The molecule has 55 valence electrons. The zero-order chi connectivity index (χ0) is 7.11. The summed E-state index contributed by atoms with van der Waals surface area (Å²) in [5, 5.41) is 0. The summed E-state index contributed by atoms with van der Waals surface area (Å²) in [6, 6.07) is 0. The fourth-order valence-electron chi connectivity index (χ4n) is 1.03. The van der Waals surface area contributed by atoms with E-state index in [1.807, 2.05) is 0 Å². The Morgan fingerprint density at radius 1 is 1.00 bits per heavy atom. The molecule has 0 aromatic carbocycles. The molecule has 0 aromatic heterocycles. The predicted molar refractivity (Wildman–Crippen MR) is 46.4 cm³/mol. The molecule has 0 spiro atoms. The monoisotopic (exact) mass is 235 g/mol. The van der Waals surface area contributed by atoms with E-state index in [9.17, 15) is 0 Å². The van der Waals surface area contributed by atoms with Crippen molar-refractivity contribution in [3.8, 4) is 0 Å². The van der Waals surface area contributed by atoms with Crippen molar-refractivity contribution in [3.05, 3.63) is 0 Å². The minimum atomic E-state index is -0.715. The van der Waals surface area contributed by atoms with E-state index in [2.05, 4.69) is 20.8 Å². The molecule has 0 aliphatic heterocycles. The van der Waals surface area contributed by atoms with Gasteiger partial charge in [-0.1, -0.05) is 0 Å². The first-order chi connectivity index (χ1) is 4.35. The zero-order valence-corrected chi connectivity index (χ0v) is 9.89. The standard InChI is InChI=1S/C4H9.2C2H5.Sn/c1-3-4-2;2*1-2;/h1,3-4H2,2H3;2*1H2,2H3;. The first kappa shape index (κ1) is 9.80. The molecule has 0 saturated heterocycles. The van der Waals surface area contributed by atoms with E-state index in [1.165, 1.54) is 12.8 Å². The van der Waals surface area contributed by atoms with Crippen molar-refractivity contribution in [1.29, 1.82) is 0 Å². The molecule has 0 saturated carbocycles. The summed E-state index contributed by atoms with van der Waals surface area (Å²) in [5.74, 6) is 0. The Kier molecular flexibility index (Phi) is 7.53. The van der Waals surface area contributed by atoms with Crippen molar-refractivity contribution in [2.75, 3.05) is 0 Å². The molecule has 0 heterocycles. The Labute approximate surface area is 66.8 Å². The molecule has 0 unspecified atom stereocenters. The molecule has 0 aliphatic rings. The number of rotatable bonds is 5. The molecule has 0 rings (SSSR count). The third kappa shape index (κ3) is 5.25. The van der Waals surface area contributed by atoms with E-state index >= 15 is 0 Å². The van der Waals surface area contributed by atoms with Gasteiger partial charge in [-0.25, -0.2) is 0 Å². The number of hydrogen-bond donors (Lipinski definition) is 0. The van der Waals surface area contributed by atoms with Gasteiger partial charge in [0.25, 0.3) is 0 Å². The number of hydrogen-bond acceptors (Lipinski definition) is 0. The molecule has 0 nitrogen and oxygen atoms in total. The maximum absolute atomic E-state index is 2.38. The summed E-state index contributed by atoms with van der Waals surface area (Å²) < 4.78 is 4.78. The summed E-state index contributed by atoms with van der Waals surface area (Å²) in [7, 11) is 0. The molecule has 0 amide bonds. The SMILES string of the molecule is CCC[CH2][Sn]([CH2]C)[CH2]C. The van der Waals surface area contributed by atoms with Gasteiger partial charge < -0.3 is 0 Å². The summed E-state index contributed by atoms with van der Waals surface area (Å²) >= 11 is -0.715. The Bertz CT molecular complexity index is 48.5. The molecular weight excluding hydrogens is 215 g/mol. The van der Waals surface area contributed by atoms with Crippen molar-refractivity contribution < 1.29 is 0 Å². The Morgan fingerprint density at radius 2 is 1.56 bits per heavy atom. The maximum atomic E-state index is 2.38. The van der Waals surface area contributed by atoms with Crippen LogP contribution in [0.15, 0.2) is 0 Å². The van der Waals surface area contributed by atoms with E-state index in [0.29, 0.717) is 0 Å². The van der Waals surface area contributed by atoms with Crippen LogP contribution in [0.4, 0.5) is 0 Å². The fourth-order valence-corrected chi connectivity index (χ4v) is 6.91. The van der Waals surface area contributed by atoms with Crippen molar-refractivity contribution in [2.24, 2.45) is 0 Å². The average molecular weight is 234 g/mol. The van der Waals surface area contributed by atoms with E-state index in [1.54, 1.807) is 13.3 Å². The van der Waals surface area contributed by atoms with E-state index in [4.69, 9.17) is 0 Å². The van der Waals surface area contributed by atoms with Crippen LogP contribution in [-0.2, 0) is 0 Å². The van der Waals surface area contributed by atoms with Gasteiger partial charge in [-0.3, -0.25) is 0 Å². The molecule has 0 atom stereocenters. The van der Waals surface area contributed by atoms with Gasteiger partial charge in [-0.2, -0.15) is 0 Å². The van der Waals surface area contributed by atoms with Crippen molar-refractivity contribution in [3.63, 3.8) is 0 Å². The average Bonchev–Trinajstić information content (AvgIpc) is 1.91. The molecule has 1 radical (unpaired) electrons. The van der Waals surface area contributed by atoms with Gasteiger partial charge in [0.15, 0.2) is 0 Å². The van der Waals surface area contributed by atoms with E-state index in [-0.39, 0.29) is 0 Å². The van der Waals surface area contributed by atoms with E-state index < -0.39 is 19.8 Å². The topological polar surface area (TPSA) is 0 Å². The van der Waals surface area contributed by atoms with Crippen LogP contribution < -0.4 is 0 Å². The van der Waals surface area contributed by atoms with Crippen LogP contribution in [0.25, 0.3) is 0 Å². The first-order valence-corrected chi connectivity index (χ1v) is 10.2. The Morgan fingerprint density at radius 3 is 1.89 bits per heavy atom. The molecule has 0 aromatic rings. The van der Waals surface area contributed by atoms with E-state index in [0.717, 1.165) is 0 Å². The van der Waals surface area contributed by atoms with Crippen molar-refractivity contribution >= 4 is 19.8 Å². The third-order valence-electron chi connectivity index (χ3n) is 1.88. The second kappa shape index (κ2) is 6.91. The molecule has 9 heavy (non-hydrogen) atoms. The quantitative estimate of drug-likeness (QED) is 0.640. The number of unbranched alkanes of at least 4 members (excludes halogenated alkanes) is 1. The second-order valence-corrected chi connectivity index (χ2v) is 12.3. The summed E-state index contributed by atoms with van der Waals surface area (Å²) in [6.07, 6.45) is 2.92. The zero-order valence-electron chi connectivity index (χ0n) is 7.04. The van der Waals surface area contributed by atoms with Crippen LogP contribution in [0.5, 0.6) is 0 Å². The molecule has 0 fully saturated rings. The molecule has 0 aliphatic carbocycles. The van der Waals surface area contributed by atoms with Crippen LogP contribution in [0.1, 0.15) is 33.6 Å². The normalized spacial score (nSPS) is 10.7. The van der Waals surface area contributed by atoms with Crippen LogP contribution in [0.3, 0.4) is 0 Å². The molecule has 0 N–H and O–H groups in total. The van der Waals surface area contributed by atoms with Crippen LogP contribution in [0.2, 0.25) is 13.3 Å². The van der Waals surface area contributed by atoms with Crippen molar-refractivity contribution in [1.82, 2.24) is 0 Å². The predicted octanol–water partition coefficient (Wildman–Crippen LogP) is 3.32. The van der Waals surface area contributed by atoms with Crippen LogP contribution >= 0.6 is 0 Å². The van der Waals surface area contributed by atoms with Gasteiger partial charge in [0.1, 0.15) is 0 Å².